The smallest absolute Gasteiger partial charge is 0.260 e. The predicted octanol–water partition coefficient (Wildman–Crippen LogP) is -0.314. The number of hydrogen-bond acceptors (Lipinski definition) is 4. The summed E-state index contributed by atoms with van der Waals surface area (Å²) in [5.41, 5.74) is 5.82. The van der Waals surface area contributed by atoms with E-state index in [1.807, 2.05) is 6.92 Å². The third-order valence-electron chi connectivity index (χ3n) is 2.93. The van der Waals surface area contributed by atoms with E-state index in [1.165, 1.54) is 10.5 Å². The van der Waals surface area contributed by atoms with Crippen LogP contribution in [0.3, 0.4) is 0 Å². The van der Waals surface area contributed by atoms with E-state index in [1.54, 1.807) is 6.92 Å². The molecule has 1 saturated heterocycles. The van der Waals surface area contributed by atoms with E-state index in [-0.39, 0.29) is 17.0 Å². The van der Waals surface area contributed by atoms with Crippen molar-refractivity contribution in [1.82, 2.24) is 14.3 Å². The molecule has 1 aliphatic rings. The Morgan fingerprint density at radius 3 is 2.69 bits per heavy atom. The average Bonchev–Trinajstić information content (AvgIpc) is 2.75. The van der Waals surface area contributed by atoms with Crippen molar-refractivity contribution in [2.45, 2.75) is 24.9 Å². The molecular weight excluding hydrogens is 228 g/mol. The Hall–Kier alpha value is -0.920. The first-order chi connectivity index (χ1) is 7.41. The largest absolute Gasteiger partial charge is 0.332 e. The molecule has 6 nitrogen and oxygen atoms in total. The van der Waals surface area contributed by atoms with Crippen LogP contribution in [0.5, 0.6) is 0 Å². The molecule has 2 rings (SSSR count). The second kappa shape index (κ2) is 3.83. The van der Waals surface area contributed by atoms with Gasteiger partial charge >= 0.3 is 0 Å². The van der Waals surface area contributed by atoms with E-state index in [2.05, 4.69) is 9.97 Å². The molecule has 3 N–H and O–H groups in total. The quantitative estimate of drug-likeness (QED) is 0.746. The minimum Gasteiger partial charge on any atom is -0.332 e. The van der Waals surface area contributed by atoms with Crippen LogP contribution in [0.1, 0.15) is 12.7 Å². The molecule has 0 aromatic carbocycles. The van der Waals surface area contributed by atoms with Crippen LogP contribution < -0.4 is 5.73 Å². The number of hydrogen-bond donors (Lipinski definition) is 2. The van der Waals surface area contributed by atoms with E-state index in [4.69, 9.17) is 5.73 Å². The average molecular weight is 244 g/mol. The summed E-state index contributed by atoms with van der Waals surface area (Å²) in [6.45, 7) is 4.53. The molecule has 0 radical (unpaired) electrons. The van der Waals surface area contributed by atoms with Crippen molar-refractivity contribution in [1.29, 1.82) is 0 Å². The first-order valence-electron chi connectivity index (χ1n) is 5.18. The molecule has 1 aliphatic heterocycles. The Kier molecular flexibility index (Phi) is 2.77. The number of imidazole rings is 1. The number of nitrogens with two attached hydrogens (primary N) is 1. The van der Waals surface area contributed by atoms with Crippen LogP contribution in [0.25, 0.3) is 0 Å². The standard InChI is InChI=1S/C9H16N4O2S/c1-6-4-13(5-8(6)10)16(14,15)9-3-11-7(2)12-9/h3,6,8H,4-5,10H2,1-2H3,(H,11,12). The highest BCUT2D eigenvalue weighted by molar-refractivity contribution is 7.89. The molecule has 2 atom stereocenters. The lowest BCUT2D eigenvalue weighted by atomic mass is 10.1. The molecule has 0 bridgehead atoms. The third-order valence-corrected chi connectivity index (χ3v) is 4.68. The molecule has 1 fully saturated rings. The molecule has 7 heteroatoms. The van der Waals surface area contributed by atoms with Gasteiger partial charge in [-0.05, 0) is 12.8 Å². The molecule has 0 spiro atoms. The lowest BCUT2D eigenvalue weighted by molar-refractivity contribution is 0.462. The number of nitrogens with zero attached hydrogens (tertiary/aromatic N) is 2. The van der Waals surface area contributed by atoms with E-state index in [0.29, 0.717) is 18.9 Å². The fourth-order valence-electron chi connectivity index (χ4n) is 1.81. The summed E-state index contributed by atoms with van der Waals surface area (Å²) in [4.78, 5) is 6.64. The lowest BCUT2D eigenvalue weighted by Gasteiger charge is -2.14. The number of nitrogens with one attached hydrogen (secondary N) is 1. The highest BCUT2D eigenvalue weighted by Crippen LogP contribution is 2.22. The fraction of sp³-hybridized carbons (Fsp3) is 0.667. The number of aryl methyl sites for hydroxylation is 1. The zero-order chi connectivity index (χ0) is 11.9. The summed E-state index contributed by atoms with van der Waals surface area (Å²) in [5.74, 6) is 0.786. The van der Waals surface area contributed by atoms with Gasteiger partial charge in [-0.3, -0.25) is 0 Å². The van der Waals surface area contributed by atoms with Gasteiger partial charge in [-0.1, -0.05) is 6.92 Å². The summed E-state index contributed by atoms with van der Waals surface area (Å²) >= 11 is 0. The third kappa shape index (κ3) is 1.85. The molecule has 90 valence electrons. The van der Waals surface area contributed by atoms with Gasteiger partial charge in [0.25, 0.3) is 10.0 Å². The number of aromatic nitrogens is 2. The number of H-pyrrole nitrogens is 1. The predicted molar refractivity (Wildman–Crippen MR) is 59.2 cm³/mol. The molecule has 2 unspecified atom stereocenters. The van der Waals surface area contributed by atoms with Crippen molar-refractivity contribution >= 4 is 10.0 Å². The number of aromatic amines is 1. The van der Waals surface area contributed by atoms with Crippen LogP contribution in [0, 0.1) is 12.8 Å². The molecule has 16 heavy (non-hydrogen) atoms. The fourth-order valence-corrected chi connectivity index (χ4v) is 3.35. The normalized spacial score (nSPS) is 27.4. The summed E-state index contributed by atoms with van der Waals surface area (Å²) in [6.07, 6.45) is 1.35. The van der Waals surface area contributed by atoms with Gasteiger partial charge in [0.2, 0.25) is 0 Å². The molecule has 2 heterocycles. The van der Waals surface area contributed by atoms with Gasteiger partial charge in [-0.25, -0.2) is 13.4 Å². The Labute approximate surface area is 94.9 Å². The number of sulfonamides is 1. The van der Waals surface area contributed by atoms with Crippen LogP contribution in [0.4, 0.5) is 0 Å². The number of rotatable bonds is 2. The van der Waals surface area contributed by atoms with Crippen molar-refractivity contribution in [2.24, 2.45) is 11.7 Å². The molecule has 0 saturated carbocycles. The molecule has 1 aromatic heterocycles. The van der Waals surface area contributed by atoms with E-state index in [9.17, 15) is 8.42 Å². The Balaban J connectivity index is 2.27. The minimum absolute atomic E-state index is 0.0845. The maximum absolute atomic E-state index is 12.1. The van der Waals surface area contributed by atoms with Gasteiger partial charge in [-0.2, -0.15) is 4.31 Å². The second-order valence-corrected chi connectivity index (χ2v) is 6.20. The van der Waals surface area contributed by atoms with Crippen molar-refractivity contribution in [3.63, 3.8) is 0 Å². The van der Waals surface area contributed by atoms with Crippen LogP contribution >= 0.6 is 0 Å². The Morgan fingerprint density at radius 2 is 2.25 bits per heavy atom. The second-order valence-electron chi connectivity index (χ2n) is 4.30. The zero-order valence-corrected chi connectivity index (χ0v) is 10.2. The summed E-state index contributed by atoms with van der Waals surface area (Å²) in [7, 11) is -3.45. The van der Waals surface area contributed by atoms with Gasteiger partial charge in [0.05, 0.1) is 6.20 Å². The van der Waals surface area contributed by atoms with Crippen LogP contribution in [0.2, 0.25) is 0 Å². The van der Waals surface area contributed by atoms with Crippen LogP contribution in [-0.4, -0.2) is 41.8 Å². The van der Waals surface area contributed by atoms with E-state index in [0.717, 1.165) is 0 Å². The van der Waals surface area contributed by atoms with Gasteiger partial charge < -0.3 is 10.7 Å². The van der Waals surface area contributed by atoms with Gasteiger partial charge in [0.15, 0.2) is 5.03 Å². The maximum atomic E-state index is 12.1. The monoisotopic (exact) mass is 244 g/mol. The lowest BCUT2D eigenvalue weighted by Crippen LogP contribution is -2.32. The highest BCUT2D eigenvalue weighted by atomic mass is 32.2. The first kappa shape index (κ1) is 11.6. The van der Waals surface area contributed by atoms with Crippen LogP contribution in [0.15, 0.2) is 11.2 Å². The molecule has 0 aliphatic carbocycles. The van der Waals surface area contributed by atoms with E-state index >= 15 is 0 Å². The molecule has 1 aromatic rings. The highest BCUT2D eigenvalue weighted by Gasteiger charge is 2.36. The molecular formula is C9H16N4O2S. The maximum Gasteiger partial charge on any atom is 0.260 e. The van der Waals surface area contributed by atoms with Crippen molar-refractivity contribution in [3.8, 4) is 0 Å². The molecule has 0 amide bonds. The van der Waals surface area contributed by atoms with Gasteiger partial charge in [0.1, 0.15) is 5.82 Å². The van der Waals surface area contributed by atoms with Gasteiger partial charge in [-0.15, -0.1) is 0 Å². The van der Waals surface area contributed by atoms with Crippen molar-refractivity contribution in [2.75, 3.05) is 13.1 Å². The summed E-state index contributed by atoms with van der Waals surface area (Å²) in [6, 6.07) is -0.0845. The Morgan fingerprint density at radius 1 is 1.56 bits per heavy atom. The van der Waals surface area contributed by atoms with Gasteiger partial charge in [0, 0.05) is 19.1 Å². The Bertz CT molecular complexity index is 471. The minimum atomic E-state index is -3.45. The first-order valence-corrected chi connectivity index (χ1v) is 6.62. The van der Waals surface area contributed by atoms with Crippen LogP contribution in [-0.2, 0) is 10.0 Å². The van der Waals surface area contributed by atoms with E-state index < -0.39 is 10.0 Å². The van der Waals surface area contributed by atoms with Crippen molar-refractivity contribution < 1.29 is 8.42 Å². The van der Waals surface area contributed by atoms with Crippen molar-refractivity contribution in [3.05, 3.63) is 12.0 Å². The summed E-state index contributed by atoms with van der Waals surface area (Å²) < 4.78 is 25.7. The SMILES string of the molecule is Cc1ncc(S(=O)(=O)N2CC(C)C(N)C2)[nH]1. The topological polar surface area (TPSA) is 92.1 Å². The summed E-state index contributed by atoms with van der Waals surface area (Å²) in [5, 5.41) is 0.145. The zero-order valence-electron chi connectivity index (χ0n) is 9.34.